The van der Waals surface area contributed by atoms with Crippen LogP contribution in [0.4, 0.5) is 0 Å². The third-order valence-corrected chi connectivity index (χ3v) is 4.64. The van der Waals surface area contributed by atoms with Crippen LogP contribution in [0, 0.1) is 23.7 Å². The van der Waals surface area contributed by atoms with Crippen molar-refractivity contribution in [1.29, 1.82) is 0 Å². The molecule has 0 atom stereocenters. The summed E-state index contributed by atoms with van der Waals surface area (Å²) in [6.45, 7) is 0. The SMILES string of the molecule is C1C2CC3CC1CC(C2)C3.ClCCCl. The van der Waals surface area contributed by atoms with Crippen LogP contribution in [0.2, 0.25) is 0 Å². The predicted octanol–water partition coefficient (Wildman–Crippen LogP) is 4.30. The molecule has 0 aromatic rings. The molecule has 4 saturated carbocycles. The average molecular weight is 235 g/mol. The first kappa shape index (κ1) is 11.1. The van der Waals surface area contributed by atoms with Crippen LogP contribution in [0.1, 0.15) is 38.5 Å². The number of hydrogen-bond donors (Lipinski definition) is 0. The third kappa shape index (κ3) is 2.58. The summed E-state index contributed by atoms with van der Waals surface area (Å²) in [6.07, 6.45) is 9.62. The van der Waals surface area contributed by atoms with Crippen molar-refractivity contribution < 1.29 is 0 Å². The Morgan fingerprint density at radius 2 is 0.786 bits per heavy atom. The molecule has 0 aromatic heterocycles. The molecule has 0 aliphatic heterocycles. The van der Waals surface area contributed by atoms with Gasteiger partial charge in [0.05, 0.1) is 0 Å². The van der Waals surface area contributed by atoms with Crippen molar-refractivity contribution in [3.05, 3.63) is 0 Å². The van der Waals surface area contributed by atoms with E-state index < -0.39 is 0 Å². The van der Waals surface area contributed by atoms with Crippen LogP contribution in [0.3, 0.4) is 0 Å². The molecule has 4 fully saturated rings. The van der Waals surface area contributed by atoms with Gasteiger partial charge in [0.1, 0.15) is 0 Å². The fourth-order valence-corrected chi connectivity index (χ4v) is 3.98. The Bertz CT molecular complexity index is 121. The minimum absolute atomic E-state index is 0.557. The number of halogens is 2. The van der Waals surface area contributed by atoms with E-state index in [0.717, 1.165) is 0 Å². The zero-order valence-electron chi connectivity index (χ0n) is 8.72. The van der Waals surface area contributed by atoms with E-state index in [4.69, 9.17) is 23.2 Å². The molecule has 0 saturated heterocycles. The zero-order chi connectivity index (χ0) is 9.97. The molecule has 2 heteroatoms. The Labute approximate surface area is 97.3 Å². The maximum atomic E-state index is 5.05. The summed E-state index contributed by atoms with van der Waals surface area (Å²) >= 11 is 10.1. The highest BCUT2D eigenvalue weighted by Gasteiger charge is 2.41. The molecule has 4 aliphatic rings. The monoisotopic (exact) mass is 234 g/mol. The summed E-state index contributed by atoms with van der Waals surface area (Å²) in [7, 11) is 0. The molecule has 0 amide bonds. The highest BCUT2D eigenvalue weighted by atomic mass is 35.5. The zero-order valence-corrected chi connectivity index (χ0v) is 10.2. The summed E-state index contributed by atoms with van der Waals surface area (Å²) in [4.78, 5) is 0. The summed E-state index contributed by atoms with van der Waals surface area (Å²) in [6, 6.07) is 0. The van der Waals surface area contributed by atoms with Crippen LogP contribution in [0.15, 0.2) is 0 Å². The van der Waals surface area contributed by atoms with Crippen molar-refractivity contribution in [2.45, 2.75) is 38.5 Å². The third-order valence-electron chi connectivity index (χ3n) is 4.07. The lowest BCUT2D eigenvalue weighted by Crippen LogP contribution is -2.38. The molecular formula is C12H20Cl2. The molecular weight excluding hydrogens is 215 g/mol. The highest BCUT2D eigenvalue weighted by Crippen LogP contribution is 2.53. The van der Waals surface area contributed by atoms with Gasteiger partial charge in [-0.2, -0.15) is 0 Å². The first-order chi connectivity index (χ1) is 6.81. The molecule has 0 nitrogen and oxygen atoms in total. The van der Waals surface area contributed by atoms with Crippen LogP contribution in [-0.4, -0.2) is 11.8 Å². The topological polar surface area (TPSA) is 0 Å². The average Bonchev–Trinajstić information content (AvgIpc) is 2.16. The molecule has 0 radical (unpaired) electrons. The molecule has 4 aliphatic carbocycles. The Kier molecular flexibility index (Phi) is 4.01. The molecule has 0 heterocycles. The van der Waals surface area contributed by atoms with Crippen LogP contribution >= 0.6 is 23.2 Å². The van der Waals surface area contributed by atoms with Crippen LogP contribution < -0.4 is 0 Å². The van der Waals surface area contributed by atoms with Crippen molar-refractivity contribution in [3.8, 4) is 0 Å². The van der Waals surface area contributed by atoms with Gasteiger partial charge in [-0.3, -0.25) is 0 Å². The van der Waals surface area contributed by atoms with E-state index in [1.165, 1.54) is 23.7 Å². The van der Waals surface area contributed by atoms with E-state index in [2.05, 4.69) is 0 Å². The van der Waals surface area contributed by atoms with Gasteiger partial charge in [0.25, 0.3) is 0 Å². The summed E-state index contributed by atoms with van der Waals surface area (Å²) < 4.78 is 0. The van der Waals surface area contributed by atoms with Gasteiger partial charge in [-0.25, -0.2) is 0 Å². The van der Waals surface area contributed by atoms with E-state index in [1.54, 1.807) is 38.5 Å². The van der Waals surface area contributed by atoms with Crippen molar-refractivity contribution >= 4 is 23.2 Å². The fraction of sp³-hybridized carbons (Fsp3) is 1.00. The lowest BCUT2D eigenvalue weighted by atomic mass is 9.56. The molecule has 14 heavy (non-hydrogen) atoms. The van der Waals surface area contributed by atoms with Gasteiger partial charge < -0.3 is 0 Å². The Morgan fingerprint density at radius 1 is 0.571 bits per heavy atom. The first-order valence-corrected chi connectivity index (χ1v) is 7.00. The Balaban J connectivity index is 0.000000165. The molecule has 0 unspecified atom stereocenters. The van der Waals surface area contributed by atoms with Crippen molar-refractivity contribution in [2.24, 2.45) is 23.7 Å². The molecule has 0 aromatic carbocycles. The van der Waals surface area contributed by atoms with E-state index >= 15 is 0 Å². The van der Waals surface area contributed by atoms with Gasteiger partial charge in [0, 0.05) is 11.8 Å². The molecule has 0 N–H and O–H groups in total. The van der Waals surface area contributed by atoms with Gasteiger partial charge in [0.15, 0.2) is 0 Å². The minimum atomic E-state index is 0.557. The van der Waals surface area contributed by atoms with E-state index in [0.29, 0.717) is 11.8 Å². The van der Waals surface area contributed by atoms with E-state index in [1.807, 2.05) is 0 Å². The lowest BCUT2D eigenvalue weighted by molar-refractivity contribution is 0.0198. The second kappa shape index (κ2) is 5.07. The number of alkyl halides is 2. The van der Waals surface area contributed by atoms with Gasteiger partial charge in [-0.1, -0.05) is 0 Å². The Morgan fingerprint density at radius 3 is 0.929 bits per heavy atom. The van der Waals surface area contributed by atoms with Crippen molar-refractivity contribution in [2.75, 3.05) is 11.8 Å². The second-order valence-electron chi connectivity index (χ2n) is 5.26. The van der Waals surface area contributed by atoms with E-state index in [-0.39, 0.29) is 0 Å². The molecule has 0 spiro atoms. The van der Waals surface area contributed by atoms with E-state index in [9.17, 15) is 0 Å². The van der Waals surface area contributed by atoms with Gasteiger partial charge in [-0.15, -0.1) is 23.2 Å². The number of rotatable bonds is 1. The first-order valence-electron chi connectivity index (χ1n) is 5.93. The van der Waals surface area contributed by atoms with Crippen LogP contribution in [-0.2, 0) is 0 Å². The van der Waals surface area contributed by atoms with Crippen molar-refractivity contribution in [1.82, 2.24) is 0 Å². The van der Waals surface area contributed by atoms with Crippen LogP contribution in [0.5, 0.6) is 0 Å². The smallest absolute Gasteiger partial charge is 0.0359 e. The normalized spacial score (nSPS) is 43.3. The molecule has 82 valence electrons. The van der Waals surface area contributed by atoms with Crippen molar-refractivity contribution in [3.63, 3.8) is 0 Å². The van der Waals surface area contributed by atoms with Crippen LogP contribution in [0.25, 0.3) is 0 Å². The maximum absolute atomic E-state index is 5.05. The standard InChI is InChI=1S/C10H16.C2H4Cl2/c1-7-2-9-4-8(1)5-10(3-7)6-9;3-1-2-4/h7-10H,1-6H2;1-2H2. The maximum Gasteiger partial charge on any atom is 0.0359 e. The summed E-state index contributed by atoms with van der Waals surface area (Å²) in [5.74, 6) is 5.82. The fourth-order valence-electron chi connectivity index (χ4n) is 3.98. The quantitative estimate of drug-likeness (QED) is 0.594. The van der Waals surface area contributed by atoms with Gasteiger partial charge in [0.2, 0.25) is 0 Å². The predicted molar refractivity (Wildman–Crippen MR) is 63.1 cm³/mol. The molecule has 4 rings (SSSR count). The highest BCUT2D eigenvalue weighted by molar-refractivity contribution is 6.25. The van der Waals surface area contributed by atoms with Gasteiger partial charge >= 0.3 is 0 Å². The minimum Gasteiger partial charge on any atom is -0.125 e. The largest absolute Gasteiger partial charge is 0.125 e. The Hall–Kier alpha value is 0.580. The summed E-state index contributed by atoms with van der Waals surface area (Å²) in [5, 5.41) is 0. The summed E-state index contributed by atoms with van der Waals surface area (Å²) in [5.41, 5.74) is 0. The lowest BCUT2D eigenvalue weighted by Gasteiger charge is -2.49. The number of hydrogen-bond acceptors (Lipinski definition) is 0. The van der Waals surface area contributed by atoms with Gasteiger partial charge in [-0.05, 0) is 62.2 Å². The molecule has 4 bridgehead atoms. The second-order valence-corrected chi connectivity index (χ2v) is 6.01.